The van der Waals surface area contributed by atoms with Gasteiger partial charge < -0.3 is 48.8 Å². The van der Waals surface area contributed by atoms with Gasteiger partial charge in [-0.1, -0.05) is 84.5 Å². The van der Waals surface area contributed by atoms with Crippen LogP contribution in [0.15, 0.2) is 119 Å². The Bertz CT molecular complexity index is 2310. The number of hydrogen-bond acceptors (Lipinski definition) is 8. The molecule has 0 saturated heterocycles. The van der Waals surface area contributed by atoms with Crippen molar-refractivity contribution < 1.29 is 51.0 Å². The quantitative estimate of drug-likeness (QED) is 0.157. The molecule has 0 bridgehead atoms. The zero-order valence-corrected chi connectivity index (χ0v) is 35.1. The van der Waals surface area contributed by atoms with Gasteiger partial charge in [-0.3, -0.25) is 0 Å². The Morgan fingerprint density at radius 1 is 0.556 bits per heavy atom. The number of anilines is 2. The first kappa shape index (κ1) is 40.1. The van der Waals surface area contributed by atoms with Crippen LogP contribution in [0.25, 0.3) is 43.9 Å². The summed E-state index contributed by atoms with van der Waals surface area (Å²) in [5.74, 6) is 0. The van der Waals surface area contributed by atoms with Crippen molar-refractivity contribution in [3.63, 3.8) is 0 Å². The Morgan fingerprint density at radius 3 is 1.28 bits per heavy atom. The molecule has 0 atom stereocenters. The maximum Gasteiger partial charge on any atom is 0.116 e. The van der Waals surface area contributed by atoms with E-state index in [9.17, 15) is 0 Å². The minimum Gasteiger partial charge on any atom is -0.579 e. The number of aromatic nitrogens is 4. The Balaban J connectivity index is 0.000000150. The predicted molar refractivity (Wildman–Crippen MR) is 207 cm³/mol. The van der Waals surface area contributed by atoms with Gasteiger partial charge >= 0.3 is 0 Å². The van der Waals surface area contributed by atoms with E-state index >= 15 is 0 Å². The zero-order chi connectivity index (χ0) is 36.2. The maximum atomic E-state index is 5.99. The molecule has 0 radical (unpaired) electrons. The van der Waals surface area contributed by atoms with Crippen molar-refractivity contribution in [1.82, 2.24) is 30.2 Å². The predicted octanol–water partition coefficient (Wildman–Crippen LogP) is 8.76. The molecule has 4 aromatic carbocycles. The number of benzene rings is 4. The monoisotopic (exact) mass is 1080 g/mol. The molecule has 0 amide bonds. The van der Waals surface area contributed by atoms with E-state index in [1.165, 1.54) is 0 Å². The summed E-state index contributed by atoms with van der Waals surface area (Å²) in [6.45, 7) is 11.7. The summed E-state index contributed by atoms with van der Waals surface area (Å²) >= 11 is 0. The van der Waals surface area contributed by atoms with Gasteiger partial charge in [-0.25, -0.2) is 0 Å². The van der Waals surface area contributed by atoms with Crippen molar-refractivity contribution >= 4 is 55.3 Å². The Kier molecular flexibility index (Phi) is 13.3. The summed E-state index contributed by atoms with van der Waals surface area (Å²) in [5, 5.41) is 19.6. The maximum absolute atomic E-state index is 5.99. The molecule has 6 heterocycles. The van der Waals surface area contributed by atoms with Gasteiger partial charge in [0.2, 0.25) is 0 Å². The van der Waals surface area contributed by atoms with Crippen molar-refractivity contribution in [2.45, 2.75) is 27.7 Å². The zero-order valence-electron chi connectivity index (χ0n) is 30.6. The molecule has 284 valence electrons. The molecule has 0 aliphatic carbocycles. The normalized spacial score (nSPS) is 13.0. The molecule has 10 nitrogen and oxygen atoms in total. The molecule has 0 spiro atoms. The van der Waals surface area contributed by atoms with E-state index in [1.54, 1.807) is 0 Å². The molecule has 12 heteroatoms. The van der Waals surface area contributed by atoms with E-state index in [-0.39, 0.29) is 42.1 Å². The average Bonchev–Trinajstić information content (AvgIpc) is 4.01. The first-order valence-corrected chi connectivity index (χ1v) is 16.8. The van der Waals surface area contributed by atoms with Crippen LogP contribution in [-0.2, 0) is 42.1 Å². The van der Waals surface area contributed by atoms with Crippen LogP contribution in [0.5, 0.6) is 0 Å². The molecular formula is C42H38N8O2Pt2-6. The number of para-hydroxylation sites is 2. The Labute approximate surface area is 344 Å². The van der Waals surface area contributed by atoms with Crippen molar-refractivity contribution in [3.05, 3.63) is 158 Å². The fourth-order valence-electron chi connectivity index (χ4n) is 5.94. The number of fused-ring (bicyclic) bond motifs is 6. The second-order valence-electron chi connectivity index (χ2n) is 12.6. The summed E-state index contributed by atoms with van der Waals surface area (Å²) in [6.07, 6.45) is 7.99. The molecule has 0 N–H and O–H groups in total. The molecule has 2 aliphatic heterocycles. The van der Waals surface area contributed by atoms with Crippen LogP contribution < -0.4 is 20.0 Å². The van der Waals surface area contributed by atoms with Crippen molar-refractivity contribution in [2.24, 2.45) is 0 Å². The molecule has 0 fully saturated rings. The number of rotatable bonds is 2. The number of aryl methyl sites for hydroxylation is 4. The molecule has 0 unspecified atom stereocenters. The van der Waals surface area contributed by atoms with Crippen LogP contribution in [0.1, 0.15) is 22.8 Å². The number of nitrogens with zero attached hydrogens (tertiary/aromatic N) is 8. The first-order valence-electron chi connectivity index (χ1n) is 16.8. The van der Waals surface area contributed by atoms with Crippen LogP contribution >= 0.6 is 0 Å². The van der Waals surface area contributed by atoms with Gasteiger partial charge in [0.1, 0.15) is 11.2 Å². The SMILES string of the molecule is CN1C=CN(c2[c-]ccc3c2oc2ccccc23)[CH-]1.CN1C=CN(c2[c-]ccc3c2oc2ccccc23)[CH-]1.Cc1cc(C)[n-]n1.Cc1cc(C)[n-]n1.[Pt].[Pt]. The van der Waals surface area contributed by atoms with Crippen LogP contribution in [0.2, 0.25) is 0 Å². The van der Waals surface area contributed by atoms with Crippen LogP contribution in [0.3, 0.4) is 0 Å². The third kappa shape index (κ3) is 9.00. The molecule has 10 rings (SSSR count). The minimum atomic E-state index is 0. The standard InChI is InChI=1S/2C16H12N2O.2C5H7N2.2Pt/c2*1-17-9-10-18(11-17)14-7-4-6-13-12-5-2-3-8-15(12)19-16(13)14;2*1-4-3-5(2)7-6-4;;/h2*2-6,8-11H,1H3;2*3H,1-2H3;;/q2*-2;2*-1;;. The van der Waals surface area contributed by atoms with Crippen LogP contribution in [0.4, 0.5) is 11.4 Å². The summed E-state index contributed by atoms with van der Waals surface area (Å²) < 4.78 is 12.0. The first-order chi connectivity index (χ1) is 25.2. The van der Waals surface area contributed by atoms with E-state index in [2.05, 4.69) is 44.7 Å². The topological polar surface area (TPSA) is 93.2 Å². The summed E-state index contributed by atoms with van der Waals surface area (Å²) in [5.41, 5.74) is 9.44. The second-order valence-corrected chi connectivity index (χ2v) is 12.6. The van der Waals surface area contributed by atoms with E-state index < -0.39 is 0 Å². The summed E-state index contributed by atoms with van der Waals surface area (Å²) in [6, 6.07) is 34.6. The van der Waals surface area contributed by atoms with Gasteiger partial charge in [0.15, 0.2) is 0 Å². The third-order valence-electron chi connectivity index (χ3n) is 8.26. The van der Waals surface area contributed by atoms with Gasteiger partial charge in [-0.2, -0.15) is 49.7 Å². The molecule has 4 aromatic heterocycles. The van der Waals surface area contributed by atoms with Crippen molar-refractivity contribution in [1.29, 1.82) is 0 Å². The van der Waals surface area contributed by atoms with Gasteiger partial charge in [-0.15, -0.1) is 11.4 Å². The molecule has 8 aromatic rings. The molecule has 54 heavy (non-hydrogen) atoms. The molecular weight excluding hydrogens is 1040 g/mol. The van der Waals surface area contributed by atoms with Crippen LogP contribution in [0, 0.1) is 53.2 Å². The number of furan rings is 2. The van der Waals surface area contributed by atoms with Gasteiger partial charge in [-0.05, 0) is 64.9 Å². The second kappa shape index (κ2) is 17.9. The largest absolute Gasteiger partial charge is 0.579 e. The average molecular weight is 1080 g/mol. The minimum absolute atomic E-state index is 0. The van der Waals surface area contributed by atoms with Crippen molar-refractivity contribution in [3.8, 4) is 0 Å². The molecule has 0 saturated carbocycles. The van der Waals surface area contributed by atoms with Gasteiger partial charge in [0.25, 0.3) is 0 Å². The van der Waals surface area contributed by atoms with Crippen molar-refractivity contribution in [2.75, 3.05) is 23.9 Å². The summed E-state index contributed by atoms with van der Waals surface area (Å²) in [4.78, 5) is 8.03. The fraction of sp³-hybridized carbons (Fsp3) is 0.143. The fourth-order valence-corrected chi connectivity index (χ4v) is 5.94. The molecule has 2 aliphatic rings. The van der Waals surface area contributed by atoms with E-state index in [1.807, 2.05) is 172 Å². The van der Waals surface area contributed by atoms with Crippen LogP contribution in [-0.4, -0.2) is 34.1 Å². The van der Waals surface area contributed by atoms with E-state index in [4.69, 9.17) is 8.83 Å². The Morgan fingerprint density at radius 2 is 0.963 bits per heavy atom. The third-order valence-corrected chi connectivity index (χ3v) is 8.26. The van der Waals surface area contributed by atoms with E-state index in [0.29, 0.717) is 0 Å². The van der Waals surface area contributed by atoms with Gasteiger partial charge in [0, 0.05) is 75.5 Å². The van der Waals surface area contributed by atoms with Gasteiger partial charge in [0.05, 0.1) is 0 Å². The Hall–Kier alpha value is -5.04. The summed E-state index contributed by atoms with van der Waals surface area (Å²) in [7, 11) is 3.99. The van der Waals surface area contributed by atoms with E-state index in [0.717, 1.165) is 78.0 Å². The number of hydrogen-bond donors (Lipinski definition) is 0. The smallest absolute Gasteiger partial charge is 0.116 e.